The molecule has 2 aliphatic rings. The fourth-order valence-electron chi connectivity index (χ4n) is 3.39. The molecule has 19 heavy (non-hydrogen) atoms. The Bertz CT molecular complexity index is 488. The standard InChI is InChI=1S/C14H22N4O/c1-18-12-6-4-5-11(10(12)9-16-18)17-13(19)14(15)7-2-3-8-14/h9,11H,2-8,15H2,1H3,(H,17,19). The van der Waals surface area contributed by atoms with Gasteiger partial charge < -0.3 is 11.1 Å². The average molecular weight is 262 g/mol. The SMILES string of the molecule is Cn1ncc2c1CCCC2NC(=O)C1(N)CCCC1. The summed E-state index contributed by atoms with van der Waals surface area (Å²) >= 11 is 0. The van der Waals surface area contributed by atoms with Crippen molar-refractivity contribution in [3.63, 3.8) is 0 Å². The van der Waals surface area contributed by atoms with Crippen LogP contribution < -0.4 is 11.1 Å². The highest BCUT2D eigenvalue weighted by atomic mass is 16.2. The molecular weight excluding hydrogens is 240 g/mol. The molecule has 0 saturated heterocycles. The van der Waals surface area contributed by atoms with Crippen molar-refractivity contribution in [3.8, 4) is 0 Å². The maximum Gasteiger partial charge on any atom is 0.240 e. The Hall–Kier alpha value is -1.36. The number of hydrogen-bond donors (Lipinski definition) is 2. The largest absolute Gasteiger partial charge is 0.348 e. The van der Waals surface area contributed by atoms with Gasteiger partial charge in [0.05, 0.1) is 17.8 Å². The van der Waals surface area contributed by atoms with Crippen LogP contribution in [-0.2, 0) is 18.3 Å². The third-order valence-electron chi connectivity index (χ3n) is 4.63. The number of nitrogens with zero attached hydrogens (tertiary/aromatic N) is 2. The zero-order chi connectivity index (χ0) is 13.5. The molecule has 5 heteroatoms. The minimum atomic E-state index is -0.639. The third kappa shape index (κ3) is 2.16. The van der Waals surface area contributed by atoms with Crippen molar-refractivity contribution >= 4 is 5.91 Å². The molecule has 1 fully saturated rings. The van der Waals surface area contributed by atoms with Gasteiger partial charge in [-0.2, -0.15) is 5.10 Å². The normalized spacial score (nSPS) is 25.1. The van der Waals surface area contributed by atoms with E-state index >= 15 is 0 Å². The van der Waals surface area contributed by atoms with Crippen LogP contribution in [0.1, 0.15) is 55.8 Å². The molecule has 0 aliphatic heterocycles. The number of carbonyl (C=O) groups is 1. The molecule has 1 aromatic rings. The number of nitrogens with two attached hydrogens (primary N) is 1. The van der Waals surface area contributed by atoms with Crippen molar-refractivity contribution in [3.05, 3.63) is 17.5 Å². The topological polar surface area (TPSA) is 72.9 Å². The molecule has 0 bridgehead atoms. The smallest absolute Gasteiger partial charge is 0.240 e. The Kier molecular flexibility index (Phi) is 3.09. The summed E-state index contributed by atoms with van der Waals surface area (Å²) < 4.78 is 1.92. The monoisotopic (exact) mass is 262 g/mol. The van der Waals surface area contributed by atoms with Crippen molar-refractivity contribution in [1.82, 2.24) is 15.1 Å². The molecular formula is C14H22N4O. The summed E-state index contributed by atoms with van der Waals surface area (Å²) in [6, 6.07) is 0.0889. The lowest BCUT2D eigenvalue weighted by atomic mass is 9.91. The summed E-state index contributed by atoms with van der Waals surface area (Å²) in [7, 11) is 1.96. The molecule has 1 amide bonds. The molecule has 1 unspecified atom stereocenters. The number of nitrogens with one attached hydrogen (secondary N) is 1. The molecule has 3 N–H and O–H groups in total. The van der Waals surface area contributed by atoms with Crippen molar-refractivity contribution in [1.29, 1.82) is 0 Å². The van der Waals surface area contributed by atoms with Crippen molar-refractivity contribution < 1.29 is 4.79 Å². The summed E-state index contributed by atoms with van der Waals surface area (Å²) in [4.78, 5) is 12.4. The molecule has 0 spiro atoms. The Morgan fingerprint density at radius 1 is 1.47 bits per heavy atom. The molecule has 1 aromatic heterocycles. The Balaban J connectivity index is 1.76. The number of aryl methyl sites for hydroxylation is 1. The first-order valence-corrected chi connectivity index (χ1v) is 7.21. The predicted octanol–water partition coefficient (Wildman–Crippen LogP) is 1.19. The first-order valence-electron chi connectivity index (χ1n) is 7.21. The maximum atomic E-state index is 12.4. The summed E-state index contributed by atoms with van der Waals surface area (Å²) in [5.41, 5.74) is 7.99. The van der Waals surface area contributed by atoms with Gasteiger partial charge in [-0.15, -0.1) is 0 Å². The Labute approximate surface area is 113 Å². The highest BCUT2D eigenvalue weighted by Crippen LogP contribution is 2.32. The number of aromatic nitrogens is 2. The fraction of sp³-hybridized carbons (Fsp3) is 0.714. The molecule has 3 rings (SSSR count). The van der Waals surface area contributed by atoms with E-state index in [1.165, 1.54) is 11.3 Å². The van der Waals surface area contributed by atoms with E-state index < -0.39 is 5.54 Å². The van der Waals surface area contributed by atoms with Crippen LogP contribution in [0.5, 0.6) is 0 Å². The first kappa shape index (κ1) is 12.7. The quantitative estimate of drug-likeness (QED) is 0.840. The minimum Gasteiger partial charge on any atom is -0.348 e. The van der Waals surface area contributed by atoms with Crippen LogP contribution >= 0.6 is 0 Å². The van der Waals surface area contributed by atoms with Crippen molar-refractivity contribution in [2.75, 3.05) is 0 Å². The van der Waals surface area contributed by atoms with Gasteiger partial charge in [0.2, 0.25) is 5.91 Å². The predicted molar refractivity (Wildman–Crippen MR) is 72.4 cm³/mol. The van der Waals surface area contributed by atoms with E-state index in [0.717, 1.165) is 44.9 Å². The van der Waals surface area contributed by atoms with Gasteiger partial charge in [-0.3, -0.25) is 9.48 Å². The van der Waals surface area contributed by atoms with E-state index in [0.29, 0.717) is 0 Å². The van der Waals surface area contributed by atoms with Crippen molar-refractivity contribution in [2.24, 2.45) is 12.8 Å². The molecule has 0 radical (unpaired) electrons. The van der Waals surface area contributed by atoms with Crippen molar-refractivity contribution in [2.45, 2.75) is 56.5 Å². The highest BCUT2D eigenvalue weighted by molar-refractivity contribution is 5.86. The number of amides is 1. The van der Waals surface area contributed by atoms with Gasteiger partial charge in [0, 0.05) is 18.3 Å². The van der Waals surface area contributed by atoms with E-state index in [1.54, 1.807) is 0 Å². The molecule has 5 nitrogen and oxygen atoms in total. The number of rotatable bonds is 2. The number of carbonyl (C=O) groups excluding carboxylic acids is 1. The van der Waals surface area contributed by atoms with E-state index in [9.17, 15) is 4.79 Å². The van der Waals surface area contributed by atoms with E-state index in [4.69, 9.17) is 5.73 Å². The number of fused-ring (bicyclic) bond motifs is 1. The zero-order valence-electron chi connectivity index (χ0n) is 11.5. The van der Waals surface area contributed by atoms with Crippen LogP contribution in [0.2, 0.25) is 0 Å². The van der Waals surface area contributed by atoms with Crippen LogP contribution in [0.4, 0.5) is 0 Å². The summed E-state index contributed by atoms with van der Waals surface area (Å²) in [5, 5.41) is 7.46. The molecule has 2 aliphatic carbocycles. The summed E-state index contributed by atoms with van der Waals surface area (Å²) in [6.07, 6.45) is 8.76. The lowest BCUT2D eigenvalue weighted by molar-refractivity contribution is -0.127. The second-order valence-corrected chi connectivity index (χ2v) is 5.95. The zero-order valence-corrected chi connectivity index (χ0v) is 11.5. The molecule has 104 valence electrons. The number of hydrogen-bond acceptors (Lipinski definition) is 3. The lowest BCUT2D eigenvalue weighted by Crippen LogP contribution is -2.52. The van der Waals surface area contributed by atoms with Gasteiger partial charge in [0.15, 0.2) is 0 Å². The molecule has 1 heterocycles. The van der Waals surface area contributed by atoms with Gasteiger partial charge >= 0.3 is 0 Å². The average Bonchev–Trinajstić information content (AvgIpc) is 2.99. The highest BCUT2D eigenvalue weighted by Gasteiger charge is 2.38. The first-order chi connectivity index (χ1) is 9.10. The van der Waals surface area contributed by atoms with Gasteiger partial charge in [-0.1, -0.05) is 12.8 Å². The second-order valence-electron chi connectivity index (χ2n) is 5.95. The van der Waals surface area contributed by atoms with Gasteiger partial charge in [0.1, 0.15) is 0 Å². The molecule has 1 saturated carbocycles. The summed E-state index contributed by atoms with van der Waals surface area (Å²) in [6.45, 7) is 0. The second kappa shape index (κ2) is 4.63. The third-order valence-corrected chi connectivity index (χ3v) is 4.63. The van der Waals surface area contributed by atoms with Gasteiger partial charge in [-0.05, 0) is 32.1 Å². The van der Waals surface area contributed by atoms with E-state index in [1.807, 2.05) is 17.9 Å². The maximum absolute atomic E-state index is 12.4. The summed E-state index contributed by atoms with van der Waals surface area (Å²) in [5.74, 6) is 0.0201. The van der Waals surface area contributed by atoms with Gasteiger partial charge in [0.25, 0.3) is 0 Å². The van der Waals surface area contributed by atoms with Crippen LogP contribution in [0.25, 0.3) is 0 Å². The van der Waals surface area contributed by atoms with Crippen LogP contribution in [0.15, 0.2) is 6.20 Å². The van der Waals surface area contributed by atoms with Crippen LogP contribution in [-0.4, -0.2) is 21.2 Å². The van der Waals surface area contributed by atoms with Gasteiger partial charge in [-0.25, -0.2) is 0 Å². The van der Waals surface area contributed by atoms with Crippen LogP contribution in [0, 0.1) is 0 Å². The van der Waals surface area contributed by atoms with E-state index in [2.05, 4.69) is 10.4 Å². The molecule has 1 atom stereocenters. The molecule has 0 aromatic carbocycles. The van der Waals surface area contributed by atoms with E-state index in [-0.39, 0.29) is 11.9 Å². The minimum absolute atomic E-state index is 0.0201. The van der Waals surface area contributed by atoms with Crippen LogP contribution in [0.3, 0.4) is 0 Å². The fourth-order valence-corrected chi connectivity index (χ4v) is 3.39. The Morgan fingerprint density at radius 2 is 2.21 bits per heavy atom. The lowest BCUT2D eigenvalue weighted by Gasteiger charge is -2.29. The Morgan fingerprint density at radius 3 is 2.95 bits per heavy atom.